The molecule has 22 heavy (non-hydrogen) atoms. The number of hydrogen-bond donors (Lipinski definition) is 1. The summed E-state index contributed by atoms with van der Waals surface area (Å²) in [6.07, 6.45) is 7.97. The van der Waals surface area contributed by atoms with Gasteiger partial charge in [-0.2, -0.15) is 0 Å². The Morgan fingerprint density at radius 1 is 1.14 bits per heavy atom. The number of nitrogens with one attached hydrogen (secondary N) is 1. The Hall–Kier alpha value is -0.120. The first kappa shape index (κ1) is 18.2. The maximum absolute atomic E-state index is 10.8. The number of rotatable bonds is 7. The first-order chi connectivity index (χ1) is 10.8. The summed E-state index contributed by atoms with van der Waals surface area (Å²) in [7, 11) is 0. The quantitative estimate of drug-likeness (QED) is 0.384. The molecule has 2 aliphatic heterocycles. The average Bonchev–Trinajstić information content (AvgIpc) is 2.79. The molecule has 1 N–H and O–H groups in total. The van der Waals surface area contributed by atoms with Crippen LogP contribution in [0.25, 0.3) is 0 Å². The smallest absolute Gasteiger partial charge is 0.432 e. The highest BCUT2D eigenvalue weighted by Gasteiger charge is 2.29. The molecule has 0 bridgehead atoms. The van der Waals surface area contributed by atoms with Crippen LogP contribution in [0.3, 0.4) is 0 Å². The third-order valence-corrected chi connectivity index (χ3v) is 4.86. The van der Waals surface area contributed by atoms with E-state index >= 15 is 0 Å². The summed E-state index contributed by atoms with van der Waals surface area (Å²) >= 11 is 1.53. The van der Waals surface area contributed by atoms with Crippen LogP contribution < -0.4 is 5.32 Å². The lowest BCUT2D eigenvalue weighted by Crippen LogP contribution is -2.53. The van der Waals surface area contributed by atoms with Crippen LogP contribution >= 0.6 is 23.0 Å². The molecule has 0 amide bonds. The van der Waals surface area contributed by atoms with Crippen LogP contribution in [0.2, 0.25) is 0 Å². The fraction of sp³-hybridized carbons (Fsp3) is 0.933. The molecule has 0 aromatic rings. The monoisotopic (exact) mass is 425 g/mol. The van der Waals surface area contributed by atoms with Crippen LogP contribution in [0, 0.1) is 0 Å². The zero-order valence-corrected chi connectivity index (χ0v) is 15.4. The Labute approximate surface area is 147 Å². The average molecular weight is 425 g/mol. The van der Waals surface area contributed by atoms with E-state index < -0.39 is 6.16 Å². The summed E-state index contributed by atoms with van der Waals surface area (Å²) in [4.78, 5) is 16.1. The van der Waals surface area contributed by atoms with Crippen molar-refractivity contribution >= 4 is 29.2 Å². The summed E-state index contributed by atoms with van der Waals surface area (Å²) in [6, 6.07) is 0. The van der Waals surface area contributed by atoms with Crippen molar-refractivity contribution in [2.75, 3.05) is 45.9 Å². The van der Waals surface area contributed by atoms with E-state index in [0.29, 0.717) is 19.3 Å². The molecule has 0 aromatic carbocycles. The van der Waals surface area contributed by atoms with E-state index in [2.05, 4.69) is 18.2 Å². The van der Waals surface area contributed by atoms with Crippen molar-refractivity contribution in [2.45, 2.75) is 44.7 Å². The molecule has 2 rings (SSSR count). The molecule has 0 spiro atoms. The molecule has 2 saturated heterocycles. The molecule has 6 nitrogen and oxygen atoms in total. The molecule has 128 valence electrons. The zero-order chi connectivity index (χ0) is 15.6. The van der Waals surface area contributed by atoms with Crippen molar-refractivity contribution in [1.29, 1.82) is 0 Å². The predicted octanol–water partition coefficient (Wildman–Crippen LogP) is 2.38. The molecule has 0 aliphatic carbocycles. The van der Waals surface area contributed by atoms with Crippen molar-refractivity contribution in [1.82, 2.24) is 15.1 Å². The molecule has 2 fully saturated rings. The molecular formula is C15H28IN3O3. The lowest BCUT2D eigenvalue weighted by molar-refractivity contribution is 0.00467. The minimum atomic E-state index is -0.621. The molecule has 2 heterocycles. The summed E-state index contributed by atoms with van der Waals surface area (Å²) in [5, 5.41) is 3.31. The number of halogens is 1. The van der Waals surface area contributed by atoms with Crippen molar-refractivity contribution in [3.05, 3.63) is 0 Å². The molecular weight excluding hydrogens is 397 g/mol. The van der Waals surface area contributed by atoms with Crippen LogP contribution in [0.5, 0.6) is 0 Å². The Morgan fingerprint density at radius 3 is 2.86 bits per heavy atom. The topological polar surface area (TPSA) is 54.0 Å². The maximum atomic E-state index is 10.8. The number of hydrogen-bond acceptors (Lipinski definition) is 6. The second-order valence-electron chi connectivity index (χ2n) is 6.03. The highest BCUT2D eigenvalue weighted by atomic mass is 127. The second-order valence-corrected chi connectivity index (χ2v) is 6.48. The molecule has 0 aromatic heterocycles. The highest BCUT2D eigenvalue weighted by Crippen LogP contribution is 2.23. The number of nitrogens with zero attached hydrogens (tertiary/aromatic N) is 2. The number of carbonyl (C=O) groups excluding carboxylic acids is 1. The van der Waals surface area contributed by atoms with Crippen molar-refractivity contribution in [2.24, 2.45) is 0 Å². The van der Waals surface area contributed by atoms with Gasteiger partial charge < -0.3 is 13.1 Å². The molecule has 1 atom stereocenters. The van der Waals surface area contributed by atoms with Gasteiger partial charge in [0.05, 0.1) is 6.17 Å². The van der Waals surface area contributed by atoms with Crippen molar-refractivity contribution in [3.8, 4) is 0 Å². The zero-order valence-electron chi connectivity index (χ0n) is 13.3. The van der Waals surface area contributed by atoms with E-state index in [-0.39, 0.29) is 0 Å². The van der Waals surface area contributed by atoms with E-state index in [9.17, 15) is 4.79 Å². The molecule has 2 aliphatic rings. The fourth-order valence-corrected chi connectivity index (χ4v) is 3.60. The standard InChI is InChI=1S/C15H28IN3O3/c16-22-15(20)21-13-8-17-7-4-10-19-12-5-11-18-9-3-1-2-6-14(18)19/h14,17H,1-13H2. The number of carbonyl (C=O) groups is 1. The van der Waals surface area contributed by atoms with E-state index in [4.69, 9.17) is 4.74 Å². The SMILES string of the molecule is O=C(OI)OCCNCCCN1CCCN2CCCCCC21. The number of ether oxygens (including phenoxy) is 1. The van der Waals surface area contributed by atoms with Gasteiger partial charge in [0.2, 0.25) is 0 Å². The Bertz CT molecular complexity index is 333. The minimum absolute atomic E-state index is 0.363. The molecule has 0 saturated carbocycles. The molecule has 7 heteroatoms. The van der Waals surface area contributed by atoms with E-state index in [1.165, 1.54) is 74.7 Å². The lowest BCUT2D eigenvalue weighted by Gasteiger charge is -2.43. The Balaban J connectivity index is 1.56. The highest BCUT2D eigenvalue weighted by molar-refractivity contribution is 14.1. The van der Waals surface area contributed by atoms with Gasteiger partial charge >= 0.3 is 6.16 Å². The van der Waals surface area contributed by atoms with Gasteiger partial charge in [0.15, 0.2) is 23.0 Å². The normalized spacial score (nSPS) is 23.6. The van der Waals surface area contributed by atoms with Gasteiger partial charge in [0, 0.05) is 26.2 Å². The van der Waals surface area contributed by atoms with Crippen molar-refractivity contribution < 1.29 is 12.6 Å². The Morgan fingerprint density at radius 2 is 2.00 bits per heavy atom. The van der Waals surface area contributed by atoms with Gasteiger partial charge in [0.25, 0.3) is 0 Å². The van der Waals surface area contributed by atoms with Crippen LogP contribution in [-0.2, 0) is 7.80 Å². The number of fused-ring (bicyclic) bond motifs is 1. The maximum Gasteiger partial charge on any atom is 0.518 e. The third-order valence-electron chi connectivity index (χ3n) is 4.50. The van der Waals surface area contributed by atoms with Gasteiger partial charge in [-0.15, -0.1) is 0 Å². The van der Waals surface area contributed by atoms with Gasteiger partial charge in [-0.1, -0.05) is 12.8 Å². The largest absolute Gasteiger partial charge is 0.518 e. The lowest BCUT2D eigenvalue weighted by atomic mass is 10.1. The van der Waals surface area contributed by atoms with E-state index in [1.54, 1.807) is 0 Å². The van der Waals surface area contributed by atoms with Crippen LogP contribution in [0.4, 0.5) is 4.79 Å². The summed E-state index contributed by atoms with van der Waals surface area (Å²) in [5.74, 6) is 0. The second kappa shape index (κ2) is 10.6. The molecule has 1 unspecified atom stereocenters. The molecule has 0 radical (unpaired) electrons. The van der Waals surface area contributed by atoms with Gasteiger partial charge in [-0.25, -0.2) is 4.79 Å². The van der Waals surface area contributed by atoms with Gasteiger partial charge in [-0.3, -0.25) is 9.80 Å². The Kier molecular flexibility index (Phi) is 8.79. The summed E-state index contributed by atoms with van der Waals surface area (Å²) < 4.78 is 9.21. The first-order valence-corrected chi connectivity index (χ1v) is 9.33. The van der Waals surface area contributed by atoms with Crippen molar-refractivity contribution in [3.63, 3.8) is 0 Å². The van der Waals surface area contributed by atoms with Crippen LogP contribution in [0.1, 0.15) is 38.5 Å². The van der Waals surface area contributed by atoms with Crippen LogP contribution in [-0.4, -0.2) is 68.0 Å². The van der Waals surface area contributed by atoms with Gasteiger partial charge in [-0.05, 0) is 38.8 Å². The minimum Gasteiger partial charge on any atom is -0.432 e. The summed E-state index contributed by atoms with van der Waals surface area (Å²) in [5.41, 5.74) is 0. The van der Waals surface area contributed by atoms with Crippen LogP contribution in [0.15, 0.2) is 0 Å². The van der Waals surface area contributed by atoms with Gasteiger partial charge in [0.1, 0.15) is 6.61 Å². The predicted molar refractivity (Wildman–Crippen MR) is 94.0 cm³/mol. The van der Waals surface area contributed by atoms with E-state index in [1.807, 2.05) is 0 Å². The third kappa shape index (κ3) is 6.17. The summed E-state index contributed by atoms with van der Waals surface area (Å²) in [6.45, 7) is 6.97. The fourth-order valence-electron chi connectivity index (χ4n) is 3.47. The van der Waals surface area contributed by atoms with E-state index in [0.717, 1.165) is 19.5 Å². The first-order valence-electron chi connectivity index (χ1n) is 8.45.